The van der Waals surface area contributed by atoms with Crippen LogP contribution in [0.25, 0.3) is 0 Å². The van der Waals surface area contributed by atoms with Gasteiger partial charge < -0.3 is 24.4 Å². The number of rotatable bonds is 3. The summed E-state index contributed by atoms with van der Waals surface area (Å²) in [5.41, 5.74) is -4.03. The lowest BCUT2D eigenvalue weighted by atomic mass is 9.49. The molecule has 1 spiro atoms. The molecule has 6 atom stereocenters. The van der Waals surface area contributed by atoms with E-state index in [1.165, 1.54) is 26.2 Å². The normalized spacial score (nSPS) is 38.1. The Morgan fingerprint density at radius 3 is 2.18 bits per heavy atom. The van der Waals surface area contributed by atoms with Crippen LogP contribution < -0.4 is 0 Å². The summed E-state index contributed by atoms with van der Waals surface area (Å²) in [6.07, 6.45) is -5.02. The molecule has 1 aliphatic heterocycles. The number of carbonyl (C=O) groups excluding carboxylic acids is 1. The molecule has 44 heavy (non-hydrogen) atoms. The highest BCUT2D eigenvalue weighted by Crippen LogP contribution is 2.71. The van der Waals surface area contributed by atoms with E-state index in [1.807, 2.05) is 13.8 Å². The fourth-order valence-electron chi connectivity index (χ4n) is 9.28. The van der Waals surface area contributed by atoms with Gasteiger partial charge in [-0.3, -0.25) is 0 Å². The molecule has 2 N–H and O–H groups in total. The fraction of sp³-hybridized carbons (Fsp3) is 0.727. The van der Waals surface area contributed by atoms with Gasteiger partial charge in [-0.1, -0.05) is 38.5 Å². The van der Waals surface area contributed by atoms with E-state index in [9.17, 15) is 28.2 Å². The third kappa shape index (κ3) is 4.50. The van der Waals surface area contributed by atoms with E-state index >= 15 is 8.78 Å². The predicted molar refractivity (Wildman–Crippen MR) is 149 cm³/mol. The van der Waals surface area contributed by atoms with Gasteiger partial charge in [0.15, 0.2) is 5.79 Å². The van der Waals surface area contributed by atoms with Gasteiger partial charge in [-0.05, 0) is 73.6 Å². The Kier molecular flexibility index (Phi) is 7.22. The summed E-state index contributed by atoms with van der Waals surface area (Å²) >= 11 is 0. The van der Waals surface area contributed by atoms with Gasteiger partial charge in [-0.25, -0.2) is 4.79 Å². The molecule has 0 bridgehead atoms. The van der Waals surface area contributed by atoms with Crippen molar-refractivity contribution in [2.75, 3.05) is 20.3 Å². The smallest absolute Gasteiger partial charge is 0.456 e. The Labute approximate surface area is 253 Å². The van der Waals surface area contributed by atoms with E-state index in [0.717, 1.165) is 11.1 Å². The van der Waals surface area contributed by atoms with Gasteiger partial charge in [0.2, 0.25) is 0 Å². The first kappa shape index (κ1) is 31.9. The Morgan fingerprint density at radius 2 is 1.59 bits per heavy atom. The molecule has 3 saturated carbocycles. The number of allylic oxidation sites excluding steroid dienone is 1. The molecule has 1 aromatic carbocycles. The van der Waals surface area contributed by atoms with E-state index in [-0.39, 0.29) is 36.7 Å². The second kappa shape index (κ2) is 9.96. The summed E-state index contributed by atoms with van der Waals surface area (Å²) < 4.78 is 89.3. The minimum atomic E-state index is -5.92. The van der Waals surface area contributed by atoms with Gasteiger partial charge in [0, 0.05) is 29.6 Å². The van der Waals surface area contributed by atoms with Crippen molar-refractivity contribution >= 4 is 5.97 Å². The Hall–Kier alpha value is -2.08. The highest BCUT2D eigenvalue weighted by molar-refractivity contribution is 5.89. The van der Waals surface area contributed by atoms with Crippen molar-refractivity contribution in [3.8, 4) is 0 Å². The van der Waals surface area contributed by atoms with Gasteiger partial charge in [-0.15, -0.1) is 0 Å². The van der Waals surface area contributed by atoms with Crippen LogP contribution in [-0.2, 0) is 14.2 Å². The van der Waals surface area contributed by atoms with Gasteiger partial charge in [-0.2, -0.15) is 22.0 Å². The molecule has 2 unspecified atom stereocenters. The number of ether oxygens (including phenoxy) is 3. The molecule has 4 aliphatic carbocycles. The lowest BCUT2D eigenvalue weighted by Crippen LogP contribution is -2.65. The van der Waals surface area contributed by atoms with E-state index in [2.05, 4.69) is 0 Å². The SMILES string of the molecule is COC(=O)c1ccc([C@H]2C[C@@]3(C)C(CC[C@@]3(O)C(F)(F)C(F)(F)F)C3CC[C@@]4(O)CC5(CCC4=C32)OCC(C)(C)CO5)cc1. The monoisotopic (exact) mass is 628 g/mol. The molecule has 1 aromatic rings. The fourth-order valence-corrected chi connectivity index (χ4v) is 9.28. The van der Waals surface area contributed by atoms with Crippen LogP contribution in [0.5, 0.6) is 0 Å². The number of hydrogen-bond acceptors (Lipinski definition) is 6. The number of hydrogen-bond donors (Lipinski definition) is 2. The summed E-state index contributed by atoms with van der Waals surface area (Å²) in [5, 5.41) is 23.7. The lowest BCUT2D eigenvalue weighted by Gasteiger charge is -2.59. The number of fused-ring (bicyclic) bond motifs is 4. The molecular formula is C33H41F5O6. The number of halogens is 5. The number of alkyl halides is 5. The molecule has 244 valence electrons. The summed E-state index contributed by atoms with van der Waals surface area (Å²) in [5.74, 6) is -8.55. The molecule has 0 radical (unpaired) electrons. The Bertz CT molecular complexity index is 1350. The van der Waals surface area contributed by atoms with Crippen molar-refractivity contribution in [2.24, 2.45) is 22.7 Å². The zero-order valence-corrected chi connectivity index (χ0v) is 25.5. The van der Waals surface area contributed by atoms with Gasteiger partial charge in [0.25, 0.3) is 0 Å². The summed E-state index contributed by atoms with van der Waals surface area (Å²) in [6, 6.07) is 6.40. The zero-order chi connectivity index (χ0) is 32.1. The zero-order valence-electron chi connectivity index (χ0n) is 25.5. The maximum Gasteiger partial charge on any atom is 0.456 e. The Balaban J connectivity index is 1.46. The average molecular weight is 629 g/mol. The van der Waals surface area contributed by atoms with Crippen LogP contribution in [0.4, 0.5) is 22.0 Å². The first-order valence-electron chi connectivity index (χ1n) is 15.4. The Morgan fingerprint density at radius 1 is 0.955 bits per heavy atom. The third-order valence-corrected chi connectivity index (χ3v) is 11.6. The number of methoxy groups -OCH3 is 1. The third-order valence-electron chi connectivity index (χ3n) is 11.6. The van der Waals surface area contributed by atoms with Crippen LogP contribution in [0.15, 0.2) is 35.4 Å². The maximum absolute atomic E-state index is 15.3. The van der Waals surface area contributed by atoms with Crippen molar-refractivity contribution in [1.29, 1.82) is 0 Å². The number of benzene rings is 1. The van der Waals surface area contributed by atoms with E-state index in [0.29, 0.717) is 38.0 Å². The molecule has 6 rings (SSSR count). The first-order valence-corrected chi connectivity index (χ1v) is 15.4. The van der Waals surface area contributed by atoms with Crippen LogP contribution in [-0.4, -0.2) is 65.6 Å². The molecule has 1 heterocycles. The van der Waals surface area contributed by atoms with Gasteiger partial charge in [0.05, 0.1) is 31.5 Å². The molecular weight excluding hydrogens is 587 g/mol. The van der Waals surface area contributed by atoms with Crippen molar-refractivity contribution in [3.05, 3.63) is 46.5 Å². The average Bonchev–Trinajstić information content (AvgIpc) is 3.24. The van der Waals surface area contributed by atoms with Crippen LogP contribution in [0.3, 0.4) is 0 Å². The van der Waals surface area contributed by atoms with Crippen LogP contribution in [0.2, 0.25) is 0 Å². The molecule has 6 nitrogen and oxygen atoms in total. The molecule has 11 heteroatoms. The standard InChI is InChI=1S/C33H41F5O6/c1-27(2)17-43-30(44-18-27)13-10-24-25-21(9-12-29(24,40)16-30)23-11-14-31(41,32(34,35)33(36,37)38)28(23,3)15-22(25)19-5-7-20(8-6-19)26(39)42-4/h5-8,21-23,40-41H,9-18H2,1-4H3/t21?,22-,23?,28+,29-,31+/m1/s1. The second-order valence-electron chi connectivity index (χ2n) is 14.8. The second-order valence-corrected chi connectivity index (χ2v) is 14.8. The van der Waals surface area contributed by atoms with Crippen molar-refractivity contribution in [3.63, 3.8) is 0 Å². The van der Waals surface area contributed by atoms with Gasteiger partial charge in [0.1, 0.15) is 5.60 Å². The van der Waals surface area contributed by atoms with Crippen molar-refractivity contribution < 1.29 is 51.2 Å². The number of carbonyl (C=O) groups is 1. The van der Waals surface area contributed by atoms with Crippen molar-refractivity contribution in [1.82, 2.24) is 0 Å². The van der Waals surface area contributed by atoms with E-state index in [4.69, 9.17) is 14.2 Å². The topological polar surface area (TPSA) is 85.2 Å². The molecule has 0 aromatic heterocycles. The molecule has 1 saturated heterocycles. The predicted octanol–water partition coefficient (Wildman–Crippen LogP) is 6.70. The van der Waals surface area contributed by atoms with Crippen LogP contribution in [0, 0.1) is 22.7 Å². The van der Waals surface area contributed by atoms with E-state index < -0.39 is 64.6 Å². The highest BCUT2D eigenvalue weighted by Gasteiger charge is 2.79. The summed E-state index contributed by atoms with van der Waals surface area (Å²) in [6.45, 7) is 6.40. The maximum atomic E-state index is 15.3. The van der Waals surface area contributed by atoms with Crippen molar-refractivity contribution in [2.45, 2.75) is 107 Å². The van der Waals surface area contributed by atoms with Crippen LogP contribution in [0.1, 0.15) is 94.0 Å². The first-order chi connectivity index (χ1) is 20.3. The summed E-state index contributed by atoms with van der Waals surface area (Å²) in [7, 11) is 1.25. The largest absolute Gasteiger partial charge is 0.465 e. The van der Waals surface area contributed by atoms with Gasteiger partial charge >= 0.3 is 18.1 Å². The molecule has 0 amide bonds. The molecule has 4 fully saturated rings. The van der Waals surface area contributed by atoms with Crippen LogP contribution >= 0.6 is 0 Å². The number of aliphatic hydroxyl groups is 2. The summed E-state index contributed by atoms with van der Waals surface area (Å²) in [4.78, 5) is 12.1. The van der Waals surface area contributed by atoms with E-state index in [1.54, 1.807) is 12.1 Å². The number of esters is 1. The quantitative estimate of drug-likeness (QED) is 0.220. The minimum absolute atomic E-state index is 0.0117. The minimum Gasteiger partial charge on any atom is -0.465 e. The lowest BCUT2D eigenvalue weighted by molar-refractivity contribution is -0.362. The highest BCUT2D eigenvalue weighted by atomic mass is 19.4. The molecule has 5 aliphatic rings.